The molecular formula is C11H10N4O. The van der Waals surface area contributed by atoms with Crippen molar-refractivity contribution in [1.29, 1.82) is 0 Å². The zero-order chi connectivity index (χ0) is 11.1. The first kappa shape index (κ1) is 9.08. The molecule has 0 atom stereocenters. The maximum Gasteiger partial charge on any atom is 0.268 e. The van der Waals surface area contributed by atoms with Crippen molar-refractivity contribution in [3.05, 3.63) is 40.9 Å². The van der Waals surface area contributed by atoms with Gasteiger partial charge in [0.2, 0.25) is 5.78 Å². The third-order valence-electron chi connectivity index (χ3n) is 2.73. The fourth-order valence-corrected chi connectivity index (χ4v) is 2.00. The summed E-state index contributed by atoms with van der Waals surface area (Å²) in [6.45, 7) is 2.77. The van der Waals surface area contributed by atoms with E-state index in [0.717, 1.165) is 12.1 Å². The lowest BCUT2D eigenvalue weighted by Crippen LogP contribution is -2.18. The zero-order valence-electron chi connectivity index (χ0n) is 8.79. The molecule has 5 heteroatoms. The number of fused-ring (bicyclic) bond motifs is 2. The van der Waals surface area contributed by atoms with Gasteiger partial charge in [0, 0.05) is 6.54 Å². The van der Waals surface area contributed by atoms with Gasteiger partial charge in [0.15, 0.2) is 0 Å². The number of hydrogen-bond acceptors (Lipinski definition) is 3. The summed E-state index contributed by atoms with van der Waals surface area (Å²) in [5.41, 5.74) is 0.829. The van der Waals surface area contributed by atoms with E-state index in [1.807, 2.05) is 35.8 Å². The Balaban J connectivity index is 2.69. The maximum absolute atomic E-state index is 12.1. The van der Waals surface area contributed by atoms with Gasteiger partial charge in [0.25, 0.3) is 5.56 Å². The molecule has 0 N–H and O–H groups in total. The summed E-state index contributed by atoms with van der Waals surface area (Å²) in [5.74, 6) is 0.589. The average molecular weight is 214 g/mol. The molecule has 80 valence electrons. The molecule has 1 aromatic carbocycles. The Morgan fingerprint density at radius 2 is 2.12 bits per heavy atom. The van der Waals surface area contributed by atoms with Crippen LogP contribution < -0.4 is 5.56 Å². The average Bonchev–Trinajstić information content (AvgIpc) is 2.79. The lowest BCUT2D eigenvalue weighted by molar-refractivity contribution is 0.780. The number of benzene rings is 1. The molecule has 0 aliphatic carbocycles. The molecule has 0 fully saturated rings. The molecule has 0 unspecified atom stereocenters. The van der Waals surface area contributed by atoms with Gasteiger partial charge in [-0.25, -0.2) is 4.40 Å². The second-order valence-electron chi connectivity index (χ2n) is 3.57. The molecule has 3 aromatic rings. The minimum atomic E-state index is -0.0692. The van der Waals surface area contributed by atoms with Gasteiger partial charge in [0.1, 0.15) is 6.33 Å². The molecule has 2 heterocycles. The smallest absolute Gasteiger partial charge is 0.268 e. The van der Waals surface area contributed by atoms with Crippen molar-refractivity contribution in [3.8, 4) is 0 Å². The van der Waals surface area contributed by atoms with Crippen molar-refractivity contribution in [3.63, 3.8) is 0 Å². The second kappa shape index (κ2) is 3.16. The van der Waals surface area contributed by atoms with Gasteiger partial charge in [-0.3, -0.25) is 4.79 Å². The number of para-hydroxylation sites is 1. The molecule has 16 heavy (non-hydrogen) atoms. The molecule has 0 spiro atoms. The van der Waals surface area contributed by atoms with Crippen molar-refractivity contribution < 1.29 is 0 Å². The molecule has 5 nitrogen and oxygen atoms in total. The van der Waals surface area contributed by atoms with Crippen LogP contribution in [0.25, 0.3) is 16.7 Å². The predicted octanol–water partition coefficient (Wildman–Crippen LogP) is 1.06. The molecule has 0 saturated heterocycles. The first-order valence-corrected chi connectivity index (χ1v) is 5.14. The van der Waals surface area contributed by atoms with Gasteiger partial charge < -0.3 is 4.57 Å². The molecule has 0 aliphatic heterocycles. The minimum Gasteiger partial charge on any atom is -0.310 e. The lowest BCUT2D eigenvalue weighted by Gasteiger charge is -2.08. The monoisotopic (exact) mass is 214 g/mol. The Labute approximate surface area is 91.0 Å². The highest BCUT2D eigenvalue weighted by Crippen LogP contribution is 2.12. The van der Waals surface area contributed by atoms with Crippen LogP contribution in [0.15, 0.2) is 35.4 Å². The van der Waals surface area contributed by atoms with Crippen LogP contribution in [0, 0.1) is 0 Å². The van der Waals surface area contributed by atoms with Gasteiger partial charge in [0.05, 0.1) is 10.9 Å². The van der Waals surface area contributed by atoms with Crippen LogP contribution in [0.1, 0.15) is 6.92 Å². The predicted molar refractivity (Wildman–Crippen MR) is 60.4 cm³/mol. The molecule has 0 saturated carbocycles. The Morgan fingerprint density at radius 1 is 1.31 bits per heavy atom. The zero-order valence-corrected chi connectivity index (χ0v) is 8.79. The SMILES string of the molecule is CCn1c2ccccc2c(=O)n2cnnc12. The summed E-state index contributed by atoms with van der Waals surface area (Å²) in [5, 5.41) is 8.45. The molecule has 2 aromatic heterocycles. The molecule has 0 radical (unpaired) electrons. The first-order valence-electron chi connectivity index (χ1n) is 5.14. The number of aromatic nitrogens is 4. The van der Waals surface area contributed by atoms with E-state index in [-0.39, 0.29) is 5.56 Å². The van der Waals surface area contributed by atoms with Crippen LogP contribution in [-0.4, -0.2) is 19.2 Å². The standard InChI is InChI=1S/C11H10N4O/c1-2-14-9-6-4-3-5-8(9)10(16)15-7-12-13-11(14)15/h3-7H,2H2,1H3. The van der Waals surface area contributed by atoms with Gasteiger partial charge in [-0.2, -0.15) is 0 Å². The Hall–Kier alpha value is -2.17. The van der Waals surface area contributed by atoms with E-state index in [0.29, 0.717) is 11.2 Å². The summed E-state index contributed by atoms with van der Waals surface area (Å²) in [7, 11) is 0. The number of aryl methyl sites for hydroxylation is 1. The maximum atomic E-state index is 12.1. The van der Waals surface area contributed by atoms with Gasteiger partial charge in [-0.15, -0.1) is 10.2 Å². The van der Waals surface area contributed by atoms with Gasteiger partial charge in [-0.05, 0) is 19.1 Å². The van der Waals surface area contributed by atoms with E-state index in [1.165, 1.54) is 10.7 Å². The number of hydrogen-bond donors (Lipinski definition) is 0. The van der Waals surface area contributed by atoms with Crippen molar-refractivity contribution in [2.45, 2.75) is 13.5 Å². The van der Waals surface area contributed by atoms with E-state index in [9.17, 15) is 4.79 Å². The van der Waals surface area contributed by atoms with E-state index < -0.39 is 0 Å². The van der Waals surface area contributed by atoms with Gasteiger partial charge in [-0.1, -0.05) is 12.1 Å². The Kier molecular flexibility index (Phi) is 1.80. The number of rotatable bonds is 1. The van der Waals surface area contributed by atoms with Crippen LogP contribution in [0.3, 0.4) is 0 Å². The summed E-state index contributed by atoms with van der Waals surface area (Å²) >= 11 is 0. The largest absolute Gasteiger partial charge is 0.310 e. The highest BCUT2D eigenvalue weighted by atomic mass is 16.1. The fourth-order valence-electron chi connectivity index (χ4n) is 2.00. The van der Waals surface area contributed by atoms with E-state index in [1.54, 1.807) is 0 Å². The summed E-state index contributed by atoms with van der Waals surface area (Å²) in [6.07, 6.45) is 1.45. The minimum absolute atomic E-state index is 0.0692. The first-order chi connectivity index (χ1) is 7.83. The van der Waals surface area contributed by atoms with Crippen LogP contribution in [0.2, 0.25) is 0 Å². The molecule has 3 rings (SSSR count). The lowest BCUT2D eigenvalue weighted by atomic mass is 10.2. The van der Waals surface area contributed by atoms with Gasteiger partial charge >= 0.3 is 0 Å². The van der Waals surface area contributed by atoms with E-state index >= 15 is 0 Å². The molecular weight excluding hydrogens is 204 g/mol. The summed E-state index contributed by atoms with van der Waals surface area (Å²) in [4.78, 5) is 12.1. The highest BCUT2D eigenvalue weighted by Gasteiger charge is 2.09. The topological polar surface area (TPSA) is 52.2 Å². The van der Waals surface area contributed by atoms with Crippen molar-refractivity contribution in [2.75, 3.05) is 0 Å². The molecule has 0 amide bonds. The fraction of sp³-hybridized carbons (Fsp3) is 0.182. The third-order valence-corrected chi connectivity index (χ3v) is 2.73. The van der Waals surface area contributed by atoms with Crippen LogP contribution >= 0.6 is 0 Å². The third kappa shape index (κ3) is 1.02. The number of nitrogens with zero attached hydrogens (tertiary/aromatic N) is 4. The van der Waals surface area contributed by atoms with Crippen molar-refractivity contribution >= 4 is 16.7 Å². The van der Waals surface area contributed by atoms with Crippen molar-refractivity contribution in [1.82, 2.24) is 19.2 Å². The van der Waals surface area contributed by atoms with E-state index in [2.05, 4.69) is 10.2 Å². The van der Waals surface area contributed by atoms with Crippen LogP contribution in [0.4, 0.5) is 0 Å². The summed E-state index contributed by atoms with van der Waals surface area (Å²) < 4.78 is 3.45. The van der Waals surface area contributed by atoms with Crippen molar-refractivity contribution in [2.24, 2.45) is 0 Å². The summed E-state index contributed by atoms with van der Waals surface area (Å²) in [6, 6.07) is 7.53. The van der Waals surface area contributed by atoms with Crippen LogP contribution in [0.5, 0.6) is 0 Å². The Bertz CT molecular complexity index is 726. The second-order valence-corrected chi connectivity index (χ2v) is 3.57. The Morgan fingerprint density at radius 3 is 2.94 bits per heavy atom. The quantitative estimate of drug-likeness (QED) is 0.608. The molecule has 0 aliphatic rings. The van der Waals surface area contributed by atoms with Crippen LogP contribution in [-0.2, 0) is 6.54 Å². The molecule has 0 bridgehead atoms. The highest BCUT2D eigenvalue weighted by molar-refractivity contribution is 5.79. The normalized spacial score (nSPS) is 11.3. The van der Waals surface area contributed by atoms with E-state index in [4.69, 9.17) is 0 Å².